The van der Waals surface area contributed by atoms with Crippen LogP contribution in [0.25, 0.3) is 11.1 Å². The Labute approximate surface area is 170 Å². The molecule has 0 aliphatic rings. The molecular formula is C22H21Cl2N3. The number of aryl methyl sites for hydroxylation is 1. The summed E-state index contributed by atoms with van der Waals surface area (Å²) < 4.78 is 2.00. The van der Waals surface area contributed by atoms with E-state index in [0.29, 0.717) is 17.1 Å². The molecule has 0 aliphatic heterocycles. The fraction of sp³-hybridized carbons (Fsp3) is 0.273. The number of nitrogens with zero attached hydrogens (tertiary/aromatic N) is 3. The average molecular weight is 398 g/mol. The lowest BCUT2D eigenvalue weighted by molar-refractivity contribution is 0.658. The molecule has 0 saturated heterocycles. The highest BCUT2D eigenvalue weighted by atomic mass is 35.5. The molecule has 1 aromatic heterocycles. The monoisotopic (exact) mass is 397 g/mol. The van der Waals surface area contributed by atoms with Crippen molar-refractivity contribution in [1.29, 1.82) is 5.26 Å². The molecule has 0 unspecified atom stereocenters. The molecule has 3 rings (SSSR count). The molecule has 0 aliphatic carbocycles. The van der Waals surface area contributed by atoms with Crippen LogP contribution in [0, 0.1) is 25.2 Å². The fourth-order valence-electron chi connectivity index (χ4n) is 3.21. The summed E-state index contributed by atoms with van der Waals surface area (Å²) in [5.41, 5.74) is 6.76. The molecule has 2 aromatic carbocycles. The third kappa shape index (κ3) is 4.03. The third-order valence-corrected chi connectivity index (χ3v) is 5.26. The summed E-state index contributed by atoms with van der Waals surface area (Å²) in [7, 11) is 0. The Hall–Kier alpha value is -2.28. The lowest BCUT2D eigenvalue weighted by atomic mass is 10.0. The highest BCUT2D eigenvalue weighted by molar-refractivity contribution is 6.32. The van der Waals surface area contributed by atoms with E-state index in [4.69, 9.17) is 33.6 Å². The summed E-state index contributed by atoms with van der Waals surface area (Å²) in [4.78, 5) is -0.376. The molecule has 138 valence electrons. The van der Waals surface area contributed by atoms with E-state index in [1.165, 1.54) is 0 Å². The predicted octanol–water partition coefficient (Wildman–Crippen LogP) is 6.21. The zero-order valence-corrected chi connectivity index (χ0v) is 17.4. The third-order valence-electron chi connectivity index (χ3n) is 4.73. The van der Waals surface area contributed by atoms with Crippen molar-refractivity contribution < 1.29 is 0 Å². The van der Waals surface area contributed by atoms with Gasteiger partial charge in [-0.15, -0.1) is 11.6 Å². The predicted molar refractivity (Wildman–Crippen MR) is 111 cm³/mol. The fourth-order valence-corrected chi connectivity index (χ4v) is 3.56. The Bertz CT molecular complexity index is 1020. The minimum absolute atomic E-state index is 0.376. The van der Waals surface area contributed by atoms with E-state index in [1.54, 1.807) is 6.07 Å². The summed E-state index contributed by atoms with van der Waals surface area (Å²) in [6.07, 6.45) is 0. The van der Waals surface area contributed by atoms with Gasteiger partial charge in [0.25, 0.3) is 0 Å². The molecule has 0 spiro atoms. The Morgan fingerprint density at radius 1 is 1.11 bits per heavy atom. The van der Waals surface area contributed by atoms with Gasteiger partial charge in [0.1, 0.15) is 6.07 Å². The number of benzene rings is 2. The van der Waals surface area contributed by atoms with Gasteiger partial charge in [-0.3, -0.25) is 4.68 Å². The van der Waals surface area contributed by atoms with Crippen LogP contribution in [0.15, 0.2) is 42.5 Å². The molecule has 0 radical (unpaired) electrons. The first-order chi connectivity index (χ1) is 12.7. The first kappa shape index (κ1) is 19.5. The molecule has 5 heteroatoms. The van der Waals surface area contributed by atoms with Crippen molar-refractivity contribution in [3.05, 3.63) is 75.6 Å². The molecule has 1 heterocycles. The van der Waals surface area contributed by atoms with Crippen LogP contribution in [0.2, 0.25) is 5.02 Å². The zero-order chi connectivity index (χ0) is 19.8. The van der Waals surface area contributed by atoms with Gasteiger partial charge in [-0.1, -0.05) is 41.9 Å². The van der Waals surface area contributed by atoms with Gasteiger partial charge in [-0.2, -0.15) is 10.4 Å². The smallest absolute Gasteiger partial charge is 0.101 e. The maximum absolute atomic E-state index is 9.07. The Kier molecular flexibility index (Phi) is 5.33. The first-order valence-electron chi connectivity index (χ1n) is 8.73. The summed E-state index contributed by atoms with van der Waals surface area (Å²) in [5.74, 6) is 0. The maximum atomic E-state index is 9.07. The lowest BCUT2D eigenvalue weighted by Gasteiger charge is -2.16. The van der Waals surface area contributed by atoms with Crippen LogP contribution in [-0.4, -0.2) is 9.78 Å². The quantitative estimate of drug-likeness (QED) is 0.490. The summed E-state index contributed by atoms with van der Waals surface area (Å²) in [5, 5.41) is 14.2. The molecule has 0 amide bonds. The molecule has 0 bridgehead atoms. The van der Waals surface area contributed by atoms with Crippen LogP contribution in [0.3, 0.4) is 0 Å². The summed E-state index contributed by atoms with van der Waals surface area (Å²) in [6, 6.07) is 15.9. The number of halogens is 2. The van der Waals surface area contributed by atoms with E-state index >= 15 is 0 Å². The largest absolute Gasteiger partial charge is 0.265 e. The number of hydrogen-bond donors (Lipinski definition) is 0. The van der Waals surface area contributed by atoms with Crippen LogP contribution in [0.1, 0.15) is 41.9 Å². The van der Waals surface area contributed by atoms with Crippen LogP contribution in [0.5, 0.6) is 0 Å². The summed E-state index contributed by atoms with van der Waals surface area (Å²) in [6.45, 7) is 8.69. The zero-order valence-electron chi connectivity index (χ0n) is 15.8. The number of hydrogen-bond acceptors (Lipinski definition) is 2. The number of aromatic nitrogens is 2. The molecule has 27 heavy (non-hydrogen) atoms. The number of rotatable bonds is 4. The van der Waals surface area contributed by atoms with Gasteiger partial charge in [0.15, 0.2) is 0 Å². The second-order valence-corrected chi connectivity index (χ2v) is 8.53. The van der Waals surface area contributed by atoms with E-state index in [0.717, 1.165) is 33.6 Å². The molecule has 3 aromatic rings. The van der Waals surface area contributed by atoms with E-state index in [-0.39, 0.29) is 4.87 Å². The maximum Gasteiger partial charge on any atom is 0.101 e. The van der Waals surface area contributed by atoms with E-state index in [2.05, 4.69) is 37.3 Å². The Balaban J connectivity index is 1.92. The minimum atomic E-state index is -0.376. The van der Waals surface area contributed by atoms with Crippen molar-refractivity contribution in [3.63, 3.8) is 0 Å². The first-order valence-corrected chi connectivity index (χ1v) is 9.48. The van der Waals surface area contributed by atoms with Crippen LogP contribution in [-0.2, 0) is 11.4 Å². The van der Waals surface area contributed by atoms with Crippen LogP contribution in [0.4, 0.5) is 0 Å². The van der Waals surface area contributed by atoms with Crippen molar-refractivity contribution >= 4 is 23.2 Å². The van der Waals surface area contributed by atoms with E-state index < -0.39 is 0 Å². The van der Waals surface area contributed by atoms with E-state index in [9.17, 15) is 0 Å². The highest BCUT2D eigenvalue weighted by Gasteiger charge is 2.17. The van der Waals surface area contributed by atoms with Gasteiger partial charge in [0.2, 0.25) is 0 Å². The minimum Gasteiger partial charge on any atom is -0.265 e. The molecule has 0 fully saturated rings. The summed E-state index contributed by atoms with van der Waals surface area (Å²) >= 11 is 12.6. The van der Waals surface area contributed by atoms with Crippen molar-refractivity contribution in [2.45, 2.75) is 39.1 Å². The molecule has 0 saturated carbocycles. The van der Waals surface area contributed by atoms with Gasteiger partial charge >= 0.3 is 0 Å². The van der Waals surface area contributed by atoms with Crippen molar-refractivity contribution in [2.75, 3.05) is 0 Å². The van der Waals surface area contributed by atoms with Gasteiger partial charge in [0.05, 0.1) is 27.7 Å². The van der Waals surface area contributed by atoms with Gasteiger partial charge in [-0.05, 0) is 56.5 Å². The van der Waals surface area contributed by atoms with Gasteiger partial charge in [0, 0.05) is 11.3 Å². The Morgan fingerprint density at radius 3 is 2.33 bits per heavy atom. The second-order valence-electron chi connectivity index (χ2n) is 7.18. The topological polar surface area (TPSA) is 41.6 Å². The second kappa shape index (κ2) is 7.38. The standard InChI is InChI=1S/C22H21Cl2N3/c1-14-21(17-7-8-18(12-25)20(23)11-17)15(2)27(26-14)13-16-5-9-19(10-6-16)22(3,4)24/h5-11H,13H2,1-4H3. The number of nitriles is 1. The SMILES string of the molecule is Cc1nn(Cc2ccc(C(C)(C)Cl)cc2)c(C)c1-c1ccc(C#N)c(Cl)c1. The van der Waals surface area contributed by atoms with Gasteiger partial charge in [-0.25, -0.2) is 0 Å². The van der Waals surface area contributed by atoms with Crippen LogP contribution >= 0.6 is 23.2 Å². The number of alkyl halides is 1. The van der Waals surface area contributed by atoms with Crippen LogP contribution < -0.4 is 0 Å². The molecular weight excluding hydrogens is 377 g/mol. The lowest BCUT2D eigenvalue weighted by Crippen LogP contribution is -2.08. The normalized spacial score (nSPS) is 11.4. The van der Waals surface area contributed by atoms with E-state index in [1.807, 2.05) is 37.6 Å². The van der Waals surface area contributed by atoms with Crippen molar-refractivity contribution in [2.24, 2.45) is 0 Å². The molecule has 0 N–H and O–H groups in total. The highest BCUT2D eigenvalue weighted by Crippen LogP contribution is 2.31. The Morgan fingerprint density at radius 2 is 1.78 bits per heavy atom. The molecule has 3 nitrogen and oxygen atoms in total. The van der Waals surface area contributed by atoms with Gasteiger partial charge < -0.3 is 0 Å². The average Bonchev–Trinajstić information content (AvgIpc) is 2.88. The van der Waals surface area contributed by atoms with Crippen molar-refractivity contribution in [1.82, 2.24) is 9.78 Å². The van der Waals surface area contributed by atoms with Crippen molar-refractivity contribution in [3.8, 4) is 17.2 Å². The molecule has 0 atom stereocenters.